The van der Waals surface area contributed by atoms with Gasteiger partial charge < -0.3 is 4.74 Å². The summed E-state index contributed by atoms with van der Waals surface area (Å²) in [5.41, 5.74) is 0.811. The molecule has 0 N–H and O–H groups in total. The molecular formula is C9H16N2O3S. The maximum absolute atomic E-state index is 11.2. The van der Waals surface area contributed by atoms with Crippen LogP contribution < -0.4 is 0 Å². The summed E-state index contributed by atoms with van der Waals surface area (Å²) >= 11 is 0. The van der Waals surface area contributed by atoms with Crippen molar-refractivity contribution in [1.82, 2.24) is 9.78 Å². The van der Waals surface area contributed by atoms with E-state index in [0.29, 0.717) is 13.2 Å². The Bertz CT molecular complexity index is 397. The summed E-state index contributed by atoms with van der Waals surface area (Å²) in [6.45, 7) is 2.50. The lowest BCUT2D eigenvalue weighted by Crippen LogP contribution is -2.15. The van der Waals surface area contributed by atoms with Gasteiger partial charge in [-0.05, 0) is 6.07 Å². The van der Waals surface area contributed by atoms with Crippen molar-refractivity contribution in [3.05, 3.63) is 18.0 Å². The molecule has 6 heteroatoms. The molecule has 0 aliphatic rings. The Morgan fingerprint density at radius 2 is 2.27 bits per heavy atom. The van der Waals surface area contributed by atoms with Gasteiger partial charge in [0.15, 0.2) is 9.84 Å². The van der Waals surface area contributed by atoms with Crippen LogP contribution >= 0.6 is 0 Å². The van der Waals surface area contributed by atoms with Crippen molar-refractivity contribution in [2.45, 2.75) is 20.1 Å². The fourth-order valence-electron chi connectivity index (χ4n) is 1.13. The van der Waals surface area contributed by atoms with E-state index in [2.05, 4.69) is 5.10 Å². The predicted octanol–water partition coefficient (Wildman–Crippen LogP) is 0.464. The van der Waals surface area contributed by atoms with Crippen LogP contribution in [0.2, 0.25) is 0 Å². The molecule has 0 spiro atoms. The van der Waals surface area contributed by atoms with Gasteiger partial charge in [0.25, 0.3) is 0 Å². The Labute approximate surface area is 90.0 Å². The van der Waals surface area contributed by atoms with Crippen molar-refractivity contribution in [3.63, 3.8) is 0 Å². The number of aromatic nitrogens is 2. The molecule has 0 saturated carbocycles. The molecular weight excluding hydrogens is 216 g/mol. The fourth-order valence-corrected chi connectivity index (χ4v) is 1.88. The first-order valence-electron chi connectivity index (χ1n) is 4.79. The highest BCUT2D eigenvalue weighted by Crippen LogP contribution is 1.98. The molecule has 0 aromatic carbocycles. The van der Waals surface area contributed by atoms with E-state index in [1.807, 2.05) is 6.07 Å². The van der Waals surface area contributed by atoms with Gasteiger partial charge in [0, 0.05) is 19.1 Å². The van der Waals surface area contributed by atoms with Gasteiger partial charge >= 0.3 is 0 Å². The minimum absolute atomic E-state index is 0.137. The third-order valence-electron chi connectivity index (χ3n) is 2.06. The molecule has 0 amide bonds. The molecule has 0 unspecified atom stereocenters. The summed E-state index contributed by atoms with van der Waals surface area (Å²) in [7, 11) is -1.32. The Morgan fingerprint density at radius 1 is 1.53 bits per heavy atom. The number of rotatable bonds is 6. The molecule has 0 radical (unpaired) electrons. The minimum atomic E-state index is -2.91. The van der Waals surface area contributed by atoms with Crippen molar-refractivity contribution < 1.29 is 13.2 Å². The quantitative estimate of drug-likeness (QED) is 0.715. The van der Waals surface area contributed by atoms with Gasteiger partial charge in [-0.1, -0.05) is 6.92 Å². The number of hydrogen-bond donors (Lipinski definition) is 0. The number of hydrogen-bond acceptors (Lipinski definition) is 4. The Kier molecular flexibility index (Phi) is 4.28. The summed E-state index contributed by atoms with van der Waals surface area (Å²) in [5, 5.41) is 4.16. The zero-order valence-electron chi connectivity index (χ0n) is 9.01. The number of ether oxygens (including phenoxy) is 1. The maximum Gasteiger partial charge on any atom is 0.151 e. The lowest BCUT2D eigenvalue weighted by atomic mass is 10.5. The van der Waals surface area contributed by atoms with E-state index in [4.69, 9.17) is 4.74 Å². The third kappa shape index (κ3) is 4.01. The molecule has 1 aromatic rings. The summed E-state index contributed by atoms with van der Waals surface area (Å²) in [4.78, 5) is 0. The second kappa shape index (κ2) is 5.27. The monoisotopic (exact) mass is 232 g/mol. The largest absolute Gasteiger partial charge is 0.378 e. The maximum atomic E-state index is 11.2. The van der Waals surface area contributed by atoms with E-state index in [-0.39, 0.29) is 11.5 Å². The molecule has 0 bridgehead atoms. The van der Waals surface area contributed by atoms with E-state index in [1.54, 1.807) is 24.9 Å². The first kappa shape index (κ1) is 12.2. The second-order valence-corrected chi connectivity index (χ2v) is 5.71. The van der Waals surface area contributed by atoms with E-state index in [9.17, 15) is 8.42 Å². The molecule has 1 heterocycles. The van der Waals surface area contributed by atoms with Crippen LogP contribution in [0.4, 0.5) is 0 Å². The molecule has 0 atom stereocenters. The molecule has 15 heavy (non-hydrogen) atoms. The highest BCUT2D eigenvalue weighted by Gasteiger charge is 2.07. The van der Waals surface area contributed by atoms with Gasteiger partial charge in [-0.3, -0.25) is 4.68 Å². The smallest absolute Gasteiger partial charge is 0.151 e. The van der Waals surface area contributed by atoms with Crippen LogP contribution in [0.15, 0.2) is 12.3 Å². The van der Waals surface area contributed by atoms with E-state index in [0.717, 1.165) is 5.69 Å². The van der Waals surface area contributed by atoms with Gasteiger partial charge in [0.2, 0.25) is 0 Å². The van der Waals surface area contributed by atoms with Crippen LogP contribution in [0, 0.1) is 0 Å². The highest BCUT2D eigenvalue weighted by molar-refractivity contribution is 7.91. The van der Waals surface area contributed by atoms with Crippen molar-refractivity contribution >= 4 is 9.84 Å². The van der Waals surface area contributed by atoms with Crippen LogP contribution in [0.25, 0.3) is 0 Å². The molecule has 0 saturated heterocycles. The molecule has 1 aromatic heterocycles. The molecule has 0 aliphatic heterocycles. The normalized spacial score (nSPS) is 11.9. The zero-order valence-corrected chi connectivity index (χ0v) is 9.83. The van der Waals surface area contributed by atoms with Gasteiger partial charge in [0.1, 0.15) is 0 Å². The predicted molar refractivity (Wildman–Crippen MR) is 57.3 cm³/mol. The first-order valence-corrected chi connectivity index (χ1v) is 6.61. The lowest BCUT2D eigenvalue weighted by molar-refractivity contribution is 0.180. The van der Waals surface area contributed by atoms with E-state index >= 15 is 0 Å². The number of nitrogens with zero attached hydrogens (tertiary/aromatic N) is 2. The molecule has 0 fully saturated rings. The summed E-state index contributed by atoms with van der Waals surface area (Å²) < 4.78 is 29.0. The van der Waals surface area contributed by atoms with Gasteiger partial charge in [0.05, 0.1) is 24.6 Å². The zero-order chi connectivity index (χ0) is 11.3. The van der Waals surface area contributed by atoms with Gasteiger partial charge in [-0.2, -0.15) is 5.10 Å². The average molecular weight is 232 g/mol. The standard InChI is InChI=1S/C9H16N2O3S/c1-3-15(12,13)7-6-11-5-4-9(10-11)8-14-2/h4-5H,3,6-8H2,1-2H3. The summed E-state index contributed by atoms with van der Waals surface area (Å²) in [5.74, 6) is 0.316. The average Bonchev–Trinajstić information content (AvgIpc) is 2.64. The first-order chi connectivity index (χ1) is 7.07. The Morgan fingerprint density at radius 3 is 2.87 bits per heavy atom. The van der Waals surface area contributed by atoms with Crippen LogP contribution in [-0.4, -0.2) is 36.8 Å². The van der Waals surface area contributed by atoms with Gasteiger partial charge in [-0.25, -0.2) is 8.42 Å². The summed E-state index contributed by atoms with van der Waals surface area (Å²) in [6, 6.07) is 1.82. The van der Waals surface area contributed by atoms with Crippen LogP contribution in [-0.2, 0) is 27.7 Å². The molecule has 5 nitrogen and oxygen atoms in total. The molecule has 86 valence electrons. The van der Waals surface area contributed by atoms with E-state index < -0.39 is 9.84 Å². The van der Waals surface area contributed by atoms with Crippen molar-refractivity contribution in [2.75, 3.05) is 18.6 Å². The SMILES string of the molecule is CCS(=O)(=O)CCn1ccc(COC)n1. The van der Waals surface area contributed by atoms with Gasteiger partial charge in [-0.15, -0.1) is 0 Å². The topological polar surface area (TPSA) is 61.2 Å². The number of methoxy groups -OCH3 is 1. The van der Waals surface area contributed by atoms with Crippen LogP contribution in [0.1, 0.15) is 12.6 Å². The summed E-state index contributed by atoms with van der Waals surface area (Å²) in [6.07, 6.45) is 1.76. The molecule has 1 rings (SSSR count). The van der Waals surface area contributed by atoms with Crippen molar-refractivity contribution in [3.8, 4) is 0 Å². The van der Waals surface area contributed by atoms with Crippen LogP contribution in [0.3, 0.4) is 0 Å². The van der Waals surface area contributed by atoms with Crippen molar-refractivity contribution in [1.29, 1.82) is 0 Å². The number of sulfone groups is 1. The Balaban J connectivity index is 2.51. The molecule has 0 aliphatic carbocycles. The van der Waals surface area contributed by atoms with Crippen molar-refractivity contribution in [2.24, 2.45) is 0 Å². The second-order valence-electron chi connectivity index (χ2n) is 3.24. The van der Waals surface area contributed by atoms with Crippen LogP contribution in [0.5, 0.6) is 0 Å². The lowest BCUT2D eigenvalue weighted by Gasteiger charge is -2.01. The highest BCUT2D eigenvalue weighted by atomic mass is 32.2. The number of aryl methyl sites for hydroxylation is 1. The minimum Gasteiger partial charge on any atom is -0.378 e. The third-order valence-corrected chi connectivity index (χ3v) is 3.74. The fraction of sp³-hybridized carbons (Fsp3) is 0.667. The Hall–Kier alpha value is -0.880. The van der Waals surface area contributed by atoms with E-state index in [1.165, 1.54) is 0 Å².